The number of benzene rings is 2. The summed E-state index contributed by atoms with van der Waals surface area (Å²) in [4.78, 5) is 40.7. The Labute approximate surface area is 190 Å². The second-order valence-electron chi connectivity index (χ2n) is 8.82. The zero-order valence-corrected chi connectivity index (χ0v) is 19.0. The summed E-state index contributed by atoms with van der Waals surface area (Å²) in [6, 6.07) is 8.06. The van der Waals surface area contributed by atoms with E-state index in [1.807, 2.05) is 19.2 Å². The highest BCUT2D eigenvalue weighted by Gasteiger charge is 2.39. The van der Waals surface area contributed by atoms with Gasteiger partial charge in [0.2, 0.25) is 0 Å². The zero-order chi connectivity index (χ0) is 23.4. The third-order valence-corrected chi connectivity index (χ3v) is 6.57. The molecule has 2 heterocycles. The standard InChI is InChI=1S/C24H23ClFN3O3/c1-13-12-24(2,3)28(4)20-11-17(25)14(9-15(13)20)10-16-21(30)27-23(32)29(22(16)31)19-8-6-5-7-18(19)26/h5-11,13H,12H2,1-4H3,(H,27,30,32)/b16-10+/t13-/m1/s1. The fraction of sp³-hybridized carbons (Fsp3) is 0.292. The van der Waals surface area contributed by atoms with E-state index in [2.05, 4.69) is 31.0 Å². The molecular formula is C24H23ClFN3O3. The predicted octanol–water partition coefficient (Wildman–Crippen LogP) is 4.87. The molecule has 0 aromatic heterocycles. The van der Waals surface area contributed by atoms with Gasteiger partial charge in [0.05, 0.1) is 5.69 Å². The van der Waals surface area contributed by atoms with Gasteiger partial charge in [0.25, 0.3) is 11.8 Å². The first-order valence-electron chi connectivity index (χ1n) is 10.2. The molecule has 6 nitrogen and oxygen atoms in total. The fourth-order valence-electron chi connectivity index (χ4n) is 4.38. The van der Waals surface area contributed by atoms with E-state index in [9.17, 15) is 18.8 Å². The van der Waals surface area contributed by atoms with Crippen molar-refractivity contribution in [1.29, 1.82) is 0 Å². The fourth-order valence-corrected chi connectivity index (χ4v) is 4.59. The molecule has 4 amide bonds. The number of halogens is 2. The second kappa shape index (κ2) is 7.74. The molecular weight excluding hydrogens is 433 g/mol. The van der Waals surface area contributed by atoms with Crippen LogP contribution in [0.4, 0.5) is 20.6 Å². The molecule has 0 aliphatic carbocycles. The maximum absolute atomic E-state index is 14.3. The number of anilines is 2. The van der Waals surface area contributed by atoms with Gasteiger partial charge in [0, 0.05) is 23.3 Å². The van der Waals surface area contributed by atoms with Crippen molar-refractivity contribution >= 4 is 46.9 Å². The van der Waals surface area contributed by atoms with Crippen molar-refractivity contribution in [3.8, 4) is 0 Å². The smallest absolute Gasteiger partial charge is 0.336 e. The van der Waals surface area contributed by atoms with Crippen LogP contribution in [0.2, 0.25) is 5.02 Å². The lowest BCUT2D eigenvalue weighted by Crippen LogP contribution is -2.54. The summed E-state index contributed by atoms with van der Waals surface area (Å²) in [6.45, 7) is 6.45. The molecule has 2 aromatic rings. The van der Waals surface area contributed by atoms with Crippen LogP contribution in [0, 0.1) is 5.82 Å². The highest BCUT2D eigenvalue weighted by Crippen LogP contribution is 2.44. The summed E-state index contributed by atoms with van der Waals surface area (Å²) in [5, 5.41) is 2.47. The van der Waals surface area contributed by atoms with Crippen LogP contribution < -0.4 is 15.1 Å². The lowest BCUT2D eigenvalue weighted by molar-refractivity contribution is -0.122. The van der Waals surface area contributed by atoms with Gasteiger partial charge in [-0.3, -0.25) is 14.9 Å². The average Bonchev–Trinajstić information content (AvgIpc) is 2.71. The van der Waals surface area contributed by atoms with E-state index >= 15 is 0 Å². The summed E-state index contributed by atoms with van der Waals surface area (Å²) in [5.41, 5.74) is 1.94. The van der Waals surface area contributed by atoms with Gasteiger partial charge in [0.15, 0.2) is 0 Å². The molecule has 32 heavy (non-hydrogen) atoms. The Balaban J connectivity index is 1.79. The predicted molar refractivity (Wildman–Crippen MR) is 122 cm³/mol. The Morgan fingerprint density at radius 1 is 1.16 bits per heavy atom. The topological polar surface area (TPSA) is 69.7 Å². The summed E-state index contributed by atoms with van der Waals surface area (Å²) in [5.74, 6) is -2.29. The lowest BCUT2D eigenvalue weighted by atomic mass is 9.80. The van der Waals surface area contributed by atoms with Crippen LogP contribution in [0.15, 0.2) is 42.0 Å². The quantitative estimate of drug-likeness (QED) is 0.518. The monoisotopic (exact) mass is 455 g/mol. The Bertz CT molecular complexity index is 1190. The molecule has 2 aliphatic rings. The molecule has 2 aromatic carbocycles. The van der Waals surface area contributed by atoms with Gasteiger partial charge in [-0.1, -0.05) is 30.7 Å². The number of nitrogens with zero attached hydrogens (tertiary/aromatic N) is 2. The third kappa shape index (κ3) is 3.56. The number of amides is 4. The molecule has 1 fully saturated rings. The molecule has 1 saturated heterocycles. The SMILES string of the molecule is C[C@@H]1CC(C)(C)N(C)c2cc(Cl)c(/C=C3\C(=O)NC(=O)N(c4ccccc4F)C3=O)cc21. The van der Waals surface area contributed by atoms with E-state index in [4.69, 9.17) is 11.6 Å². The summed E-state index contributed by atoms with van der Waals surface area (Å²) >= 11 is 6.53. The molecule has 0 saturated carbocycles. The van der Waals surface area contributed by atoms with Crippen LogP contribution in [0.3, 0.4) is 0 Å². The molecule has 8 heteroatoms. The van der Waals surface area contributed by atoms with Gasteiger partial charge < -0.3 is 4.90 Å². The van der Waals surface area contributed by atoms with Gasteiger partial charge in [0.1, 0.15) is 11.4 Å². The largest absolute Gasteiger partial charge is 0.369 e. The van der Waals surface area contributed by atoms with Crippen LogP contribution in [-0.4, -0.2) is 30.4 Å². The van der Waals surface area contributed by atoms with Crippen molar-refractivity contribution in [2.24, 2.45) is 0 Å². The molecule has 0 bridgehead atoms. The number of carbonyl (C=O) groups is 3. The van der Waals surface area contributed by atoms with E-state index in [-0.39, 0.29) is 22.7 Å². The summed E-state index contributed by atoms with van der Waals surface area (Å²) in [6.07, 6.45) is 2.27. The average molecular weight is 456 g/mol. The summed E-state index contributed by atoms with van der Waals surface area (Å²) in [7, 11) is 2.01. The molecule has 4 rings (SSSR count). The Hall–Kier alpha value is -3.19. The zero-order valence-electron chi connectivity index (χ0n) is 18.2. The van der Waals surface area contributed by atoms with E-state index in [1.54, 1.807) is 0 Å². The normalized spacial score (nSPS) is 21.6. The number of urea groups is 1. The van der Waals surface area contributed by atoms with E-state index in [0.717, 1.165) is 23.7 Å². The Kier molecular flexibility index (Phi) is 5.33. The van der Waals surface area contributed by atoms with Crippen molar-refractivity contribution in [2.45, 2.75) is 38.6 Å². The number of barbiturate groups is 1. The van der Waals surface area contributed by atoms with Crippen molar-refractivity contribution in [3.63, 3.8) is 0 Å². The van der Waals surface area contributed by atoms with Crippen LogP contribution in [-0.2, 0) is 9.59 Å². The maximum Gasteiger partial charge on any atom is 0.336 e. The molecule has 0 unspecified atom stereocenters. The minimum absolute atomic E-state index is 0.0461. The first kappa shape index (κ1) is 22.0. The van der Waals surface area contributed by atoms with Gasteiger partial charge >= 0.3 is 6.03 Å². The molecule has 1 N–H and O–H groups in total. The van der Waals surface area contributed by atoms with Crippen molar-refractivity contribution in [3.05, 3.63) is 63.9 Å². The second-order valence-corrected chi connectivity index (χ2v) is 9.23. The van der Waals surface area contributed by atoms with Gasteiger partial charge in [-0.15, -0.1) is 0 Å². The highest BCUT2D eigenvalue weighted by molar-refractivity contribution is 6.40. The summed E-state index contributed by atoms with van der Waals surface area (Å²) < 4.78 is 14.3. The van der Waals surface area contributed by atoms with E-state index < -0.39 is 23.7 Å². The first-order chi connectivity index (χ1) is 15.0. The van der Waals surface area contributed by atoms with Crippen LogP contribution in [0.25, 0.3) is 6.08 Å². The van der Waals surface area contributed by atoms with E-state index in [0.29, 0.717) is 15.5 Å². The number of fused-ring (bicyclic) bond motifs is 1. The maximum atomic E-state index is 14.3. The highest BCUT2D eigenvalue weighted by atomic mass is 35.5. The molecule has 1 atom stereocenters. The van der Waals surface area contributed by atoms with E-state index in [1.165, 1.54) is 24.3 Å². The lowest BCUT2D eigenvalue weighted by Gasteiger charge is -2.45. The van der Waals surface area contributed by atoms with Gasteiger partial charge in [-0.2, -0.15) is 0 Å². The van der Waals surface area contributed by atoms with Crippen molar-refractivity contribution in [2.75, 3.05) is 16.8 Å². The number of hydrogen-bond acceptors (Lipinski definition) is 4. The Morgan fingerprint density at radius 2 is 1.84 bits per heavy atom. The van der Waals surface area contributed by atoms with Crippen LogP contribution in [0.1, 0.15) is 44.2 Å². The molecule has 2 aliphatic heterocycles. The minimum atomic E-state index is -1.00. The number of nitrogens with one attached hydrogen (secondary N) is 1. The van der Waals surface area contributed by atoms with Crippen LogP contribution >= 0.6 is 11.6 Å². The number of para-hydroxylation sites is 1. The Morgan fingerprint density at radius 3 is 2.53 bits per heavy atom. The number of imide groups is 2. The van der Waals surface area contributed by atoms with Gasteiger partial charge in [-0.25, -0.2) is 14.1 Å². The molecule has 0 radical (unpaired) electrons. The molecule has 0 spiro atoms. The van der Waals surface area contributed by atoms with Crippen LogP contribution in [0.5, 0.6) is 0 Å². The number of carbonyl (C=O) groups excluding carboxylic acids is 3. The number of hydrogen-bond donors (Lipinski definition) is 1. The van der Waals surface area contributed by atoms with Crippen molar-refractivity contribution in [1.82, 2.24) is 5.32 Å². The number of rotatable bonds is 2. The first-order valence-corrected chi connectivity index (χ1v) is 10.6. The minimum Gasteiger partial charge on any atom is -0.369 e. The molecule has 166 valence electrons. The third-order valence-electron chi connectivity index (χ3n) is 6.25. The van der Waals surface area contributed by atoms with Gasteiger partial charge in [-0.05, 0) is 67.7 Å². The van der Waals surface area contributed by atoms with Crippen molar-refractivity contribution < 1.29 is 18.8 Å².